The quantitative estimate of drug-likeness (QED) is 0.684. The fourth-order valence-corrected chi connectivity index (χ4v) is 4.08. The zero-order chi connectivity index (χ0) is 22.5. The van der Waals surface area contributed by atoms with Gasteiger partial charge in [0.25, 0.3) is 0 Å². The molecular formula is C22H32F3N3O2. The Labute approximate surface area is 176 Å². The first-order valence-corrected chi connectivity index (χ1v) is 10.5. The predicted molar refractivity (Wildman–Crippen MR) is 111 cm³/mol. The summed E-state index contributed by atoms with van der Waals surface area (Å²) in [5.41, 5.74) is 5.64. The second kappa shape index (κ2) is 10.2. The molecule has 168 valence electrons. The smallest absolute Gasteiger partial charge is 0.369 e. The van der Waals surface area contributed by atoms with E-state index in [0.29, 0.717) is 44.7 Å². The van der Waals surface area contributed by atoms with Gasteiger partial charge in [0.2, 0.25) is 11.8 Å². The molecule has 8 heteroatoms. The molecule has 0 bridgehead atoms. The molecule has 0 saturated carbocycles. The number of piperazine rings is 1. The topological polar surface area (TPSA) is 66.6 Å². The van der Waals surface area contributed by atoms with Crippen LogP contribution in [-0.2, 0) is 15.8 Å². The third kappa shape index (κ3) is 6.12. The van der Waals surface area contributed by atoms with E-state index in [-0.39, 0.29) is 11.8 Å². The number of anilines is 1. The lowest BCUT2D eigenvalue weighted by atomic mass is 9.81. The van der Waals surface area contributed by atoms with Gasteiger partial charge < -0.3 is 15.5 Å². The maximum atomic E-state index is 13.2. The lowest BCUT2D eigenvalue weighted by molar-refractivity contribution is -0.142. The van der Waals surface area contributed by atoms with E-state index in [1.807, 2.05) is 25.7 Å². The number of alkyl halides is 3. The molecule has 2 rings (SSSR count). The molecule has 2 unspecified atom stereocenters. The molecule has 2 amide bonds. The van der Waals surface area contributed by atoms with Crippen LogP contribution in [-0.4, -0.2) is 42.9 Å². The van der Waals surface area contributed by atoms with Crippen molar-refractivity contribution in [1.29, 1.82) is 0 Å². The number of halogens is 3. The molecular weight excluding hydrogens is 395 g/mol. The summed E-state index contributed by atoms with van der Waals surface area (Å²) in [5.74, 6) is -1.13. The Kier molecular flexibility index (Phi) is 8.15. The standard InChI is InChI=1S/C22H32F3N3O2/c1-4-5-18(20(26)29)19(14-15(2)3)21(30)28-12-10-27(11-13-28)17-8-6-16(7-9-17)22(23,24)25/h6-9,15,18-19H,4-5,10-14H2,1-3H3,(H2,26,29). The zero-order valence-corrected chi connectivity index (χ0v) is 17.9. The minimum absolute atomic E-state index is 0.0481. The second-order valence-corrected chi connectivity index (χ2v) is 8.39. The molecule has 0 spiro atoms. The Morgan fingerprint density at radius 2 is 1.60 bits per heavy atom. The van der Waals surface area contributed by atoms with Crippen molar-refractivity contribution in [3.8, 4) is 0 Å². The van der Waals surface area contributed by atoms with Crippen molar-refractivity contribution in [2.75, 3.05) is 31.1 Å². The molecule has 5 nitrogen and oxygen atoms in total. The molecule has 2 N–H and O–H groups in total. The highest BCUT2D eigenvalue weighted by Crippen LogP contribution is 2.31. The van der Waals surface area contributed by atoms with Crippen LogP contribution in [0.5, 0.6) is 0 Å². The van der Waals surface area contributed by atoms with Crippen LogP contribution < -0.4 is 10.6 Å². The summed E-state index contributed by atoms with van der Waals surface area (Å²) in [6.45, 7) is 7.99. The number of amides is 2. The van der Waals surface area contributed by atoms with Crippen LogP contribution >= 0.6 is 0 Å². The first kappa shape index (κ1) is 24.0. The minimum atomic E-state index is -4.36. The van der Waals surface area contributed by atoms with Crippen molar-refractivity contribution in [2.24, 2.45) is 23.5 Å². The van der Waals surface area contributed by atoms with Crippen LogP contribution in [0, 0.1) is 17.8 Å². The Hall–Kier alpha value is -2.25. The largest absolute Gasteiger partial charge is 0.416 e. The molecule has 1 aliphatic rings. The molecule has 1 saturated heterocycles. The Bertz CT molecular complexity index is 711. The maximum absolute atomic E-state index is 13.2. The van der Waals surface area contributed by atoms with E-state index in [2.05, 4.69) is 0 Å². The van der Waals surface area contributed by atoms with E-state index in [1.165, 1.54) is 12.1 Å². The van der Waals surface area contributed by atoms with Crippen molar-refractivity contribution >= 4 is 17.5 Å². The summed E-state index contributed by atoms with van der Waals surface area (Å²) in [5, 5.41) is 0. The van der Waals surface area contributed by atoms with Gasteiger partial charge in [0.15, 0.2) is 0 Å². The van der Waals surface area contributed by atoms with E-state index < -0.39 is 29.5 Å². The SMILES string of the molecule is CCCC(C(N)=O)C(CC(C)C)C(=O)N1CCN(c2ccc(C(F)(F)F)cc2)CC1. The Morgan fingerprint density at radius 3 is 2.03 bits per heavy atom. The van der Waals surface area contributed by atoms with Gasteiger partial charge in [0, 0.05) is 43.7 Å². The number of hydrogen-bond acceptors (Lipinski definition) is 3. The normalized spacial score (nSPS) is 17.2. The van der Waals surface area contributed by atoms with E-state index in [0.717, 1.165) is 18.6 Å². The number of rotatable bonds is 8. The average molecular weight is 428 g/mol. The lowest BCUT2D eigenvalue weighted by Crippen LogP contribution is -2.52. The second-order valence-electron chi connectivity index (χ2n) is 8.39. The Morgan fingerprint density at radius 1 is 1.03 bits per heavy atom. The summed E-state index contributed by atoms with van der Waals surface area (Å²) >= 11 is 0. The third-order valence-corrected chi connectivity index (χ3v) is 5.64. The van der Waals surface area contributed by atoms with Gasteiger partial charge in [-0.2, -0.15) is 13.2 Å². The molecule has 0 aliphatic carbocycles. The van der Waals surface area contributed by atoms with E-state index >= 15 is 0 Å². The summed E-state index contributed by atoms with van der Waals surface area (Å²) in [6.07, 6.45) is -2.39. The average Bonchev–Trinajstić information content (AvgIpc) is 2.69. The van der Waals surface area contributed by atoms with Gasteiger partial charge in [0.05, 0.1) is 5.56 Å². The van der Waals surface area contributed by atoms with Gasteiger partial charge in [-0.1, -0.05) is 27.2 Å². The lowest BCUT2D eigenvalue weighted by Gasteiger charge is -2.39. The molecule has 0 radical (unpaired) electrons. The third-order valence-electron chi connectivity index (χ3n) is 5.64. The van der Waals surface area contributed by atoms with Crippen LogP contribution in [0.1, 0.15) is 45.6 Å². The zero-order valence-electron chi connectivity index (χ0n) is 17.9. The summed E-state index contributed by atoms with van der Waals surface area (Å²) in [7, 11) is 0. The maximum Gasteiger partial charge on any atom is 0.416 e. The molecule has 1 fully saturated rings. The van der Waals surface area contributed by atoms with Crippen LogP contribution in [0.25, 0.3) is 0 Å². The molecule has 1 aliphatic heterocycles. The summed E-state index contributed by atoms with van der Waals surface area (Å²) < 4.78 is 38.3. The van der Waals surface area contributed by atoms with Gasteiger partial charge in [-0.05, 0) is 43.0 Å². The number of benzene rings is 1. The van der Waals surface area contributed by atoms with Crippen molar-refractivity contribution in [1.82, 2.24) is 4.90 Å². The molecule has 30 heavy (non-hydrogen) atoms. The van der Waals surface area contributed by atoms with Crippen LogP contribution in [0.15, 0.2) is 24.3 Å². The highest BCUT2D eigenvalue weighted by molar-refractivity contribution is 5.87. The number of primary amides is 1. The van der Waals surface area contributed by atoms with Crippen LogP contribution in [0.3, 0.4) is 0 Å². The fourth-order valence-electron chi connectivity index (χ4n) is 4.08. The summed E-state index contributed by atoms with van der Waals surface area (Å²) in [4.78, 5) is 29.0. The molecule has 1 aromatic carbocycles. The van der Waals surface area contributed by atoms with Gasteiger partial charge in [0.1, 0.15) is 0 Å². The first-order chi connectivity index (χ1) is 14.0. The van der Waals surface area contributed by atoms with Crippen molar-refractivity contribution in [3.63, 3.8) is 0 Å². The van der Waals surface area contributed by atoms with E-state index in [1.54, 1.807) is 4.90 Å². The van der Waals surface area contributed by atoms with Crippen molar-refractivity contribution in [2.45, 2.75) is 46.2 Å². The van der Waals surface area contributed by atoms with Gasteiger partial charge in [-0.15, -0.1) is 0 Å². The monoisotopic (exact) mass is 427 g/mol. The molecule has 1 heterocycles. The van der Waals surface area contributed by atoms with Gasteiger partial charge in [-0.25, -0.2) is 0 Å². The van der Waals surface area contributed by atoms with Gasteiger partial charge >= 0.3 is 6.18 Å². The first-order valence-electron chi connectivity index (χ1n) is 10.5. The summed E-state index contributed by atoms with van der Waals surface area (Å²) in [6, 6.07) is 5.08. The van der Waals surface area contributed by atoms with Gasteiger partial charge in [-0.3, -0.25) is 9.59 Å². The number of hydrogen-bond donors (Lipinski definition) is 1. The number of carbonyl (C=O) groups excluding carboxylic acids is 2. The van der Waals surface area contributed by atoms with Crippen LogP contribution in [0.2, 0.25) is 0 Å². The number of carbonyl (C=O) groups is 2. The van der Waals surface area contributed by atoms with Crippen molar-refractivity contribution in [3.05, 3.63) is 29.8 Å². The molecule has 1 aromatic rings. The highest BCUT2D eigenvalue weighted by atomic mass is 19.4. The highest BCUT2D eigenvalue weighted by Gasteiger charge is 2.36. The van der Waals surface area contributed by atoms with Crippen LogP contribution in [0.4, 0.5) is 18.9 Å². The predicted octanol–water partition coefficient (Wildman–Crippen LogP) is 3.92. The van der Waals surface area contributed by atoms with E-state index in [9.17, 15) is 22.8 Å². The van der Waals surface area contributed by atoms with E-state index in [4.69, 9.17) is 5.73 Å². The molecule has 2 atom stereocenters. The fraction of sp³-hybridized carbons (Fsp3) is 0.636. The van der Waals surface area contributed by atoms with Crippen molar-refractivity contribution < 1.29 is 22.8 Å². The minimum Gasteiger partial charge on any atom is -0.369 e. The number of nitrogens with zero attached hydrogens (tertiary/aromatic N) is 2. The molecule has 0 aromatic heterocycles. The number of nitrogens with two attached hydrogens (primary N) is 1. The Balaban J connectivity index is 2.05.